The summed E-state index contributed by atoms with van der Waals surface area (Å²) in [5.74, 6) is 0. The number of thiazole rings is 1. The van der Waals surface area contributed by atoms with Crippen LogP contribution in [0.2, 0.25) is 0 Å². The van der Waals surface area contributed by atoms with Gasteiger partial charge in [-0.05, 0) is 38.6 Å². The quantitative estimate of drug-likeness (QED) is 0.884. The van der Waals surface area contributed by atoms with Crippen LogP contribution >= 0.6 is 11.3 Å². The van der Waals surface area contributed by atoms with Gasteiger partial charge in [-0.25, -0.2) is 4.98 Å². The molecule has 1 aromatic heterocycles. The predicted octanol–water partition coefficient (Wildman–Crippen LogP) is 4.22. The fraction of sp³-hybridized carbons (Fsp3) is 0.824. The number of nitrogens with one attached hydrogen (secondary N) is 1. The summed E-state index contributed by atoms with van der Waals surface area (Å²) in [4.78, 5) is 5.00. The first-order valence-electron chi connectivity index (χ1n) is 8.15. The Bertz CT molecular complexity index is 452. The third-order valence-corrected chi connectivity index (χ3v) is 5.48. The summed E-state index contributed by atoms with van der Waals surface area (Å²) in [5, 5.41) is 7.29. The minimum Gasteiger partial charge on any atom is -0.381 e. The van der Waals surface area contributed by atoms with Crippen molar-refractivity contribution in [2.75, 3.05) is 13.7 Å². The first-order chi connectivity index (χ1) is 9.91. The smallest absolute Gasteiger partial charge is 0.113 e. The molecule has 0 aliphatic heterocycles. The summed E-state index contributed by atoms with van der Waals surface area (Å²) >= 11 is 1.82. The zero-order chi connectivity index (χ0) is 15.5. The van der Waals surface area contributed by atoms with Gasteiger partial charge in [0, 0.05) is 17.9 Å². The molecule has 1 fully saturated rings. The lowest BCUT2D eigenvalue weighted by molar-refractivity contribution is 0.0291. The van der Waals surface area contributed by atoms with E-state index >= 15 is 0 Å². The molecular weight excluding hydrogens is 280 g/mol. The summed E-state index contributed by atoms with van der Waals surface area (Å²) in [7, 11) is 1.84. The van der Waals surface area contributed by atoms with E-state index in [0.717, 1.165) is 19.4 Å². The van der Waals surface area contributed by atoms with E-state index in [0.29, 0.717) is 6.10 Å². The van der Waals surface area contributed by atoms with Crippen LogP contribution in [-0.4, -0.2) is 24.7 Å². The van der Waals surface area contributed by atoms with Gasteiger partial charge in [0.1, 0.15) is 5.01 Å². The molecule has 0 aromatic carbocycles. The van der Waals surface area contributed by atoms with Crippen LogP contribution in [0.5, 0.6) is 0 Å². The summed E-state index contributed by atoms with van der Waals surface area (Å²) in [6.07, 6.45) is 6.09. The third-order valence-electron chi connectivity index (χ3n) is 4.43. The molecule has 120 valence electrons. The largest absolute Gasteiger partial charge is 0.381 e. The van der Waals surface area contributed by atoms with Gasteiger partial charge < -0.3 is 10.1 Å². The van der Waals surface area contributed by atoms with Crippen molar-refractivity contribution in [1.29, 1.82) is 0 Å². The van der Waals surface area contributed by atoms with Gasteiger partial charge in [-0.15, -0.1) is 11.3 Å². The highest BCUT2D eigenvalue weighted by molar-refractivity contribution is 7.09. The van der Waals surface area contributed by atoms with Crippen LogP contribution in [0.25, 0.3) is 0 Å². The number of hydrogen-bond donors (Lipinski definition) is 1. The average molecular weight is 311 g/mol. The lowest BCUT2D eigenvalue weighted by Gasteiger charge is -2.40. The van der Waals surface area contributed by atoms with E-state index < -0.39 is 0 Å². The van der Waals surface area contributed by atoms with Gasteiger partial charge in [0.05, 0.1) is 17.3 Å². The fourth-order valence-corrected chi connectivity index (χ4v) is 4.32. The molecule has 0 bridgehead atoms. The minimum atomic E-state index is 0.0170. The van der Waals surface area contributed by atoms with E-state index in [-0.39, 0.29) is 11.0 Å². The molecule has 1 aromatic rings. The Balaban J connectivity index is 2.28. The van der Waals surface area contributed by atoms with Gasteiger partial charge in [0.25, 0.3) is 0 Å². The number of rotatable bonds is 5. The van der Waals surface area contributed by atoms with Crippen molar-refractivity contribution in [3.8, 4) is 0 Å². The number of hydrogen-bond acceptors (Lipinski definition) is 4. The van der Waals surface area contributed by atoms with Crippen molar-refractivity contribution in [1.82, 2.24) is 10.3 Å². The Morgan fingerprint density at radius 2 is 2.24 bits per heavy atom. The molecule has 2 atom stereocenters. The van der Waals surface area contributed by atoms with Gasteiger partial charge in [-0.2, -0.15) is 0 Å². The van der Waals surface area contributed by atoms with Crippen molar-refractivity contribution in [2.45, 2.75) is 76.9 Å². The first-order valence-corrected chi connectivity index (χ1v) is 9.03. The van der Waals surface area contributed by atoms with E-state index in [4.69, 9.17) is 9.72 Å². The van der Waals surface area contributed by atoms with Crippen LogP contribution in [-0.2, 0) is 15.7 Å². The van der Waals surface area contributed by atoms with E-state index in [1.54, 1.807) is 0 Å². The van der Waals surface area contributed by atoms with Crippen molar-refractivity contribution in [3.05, 3.63) is 16.1 Å². The molecule has 1 aliphatic carbocycles. The second-order valence-electron chi connectivity index (χ2n) is 7.25. The van der Waals surface area contributed by atoms with Crippen molar-refractivity contribution < 1.29 is 4.74 Å². The topological polar surface area (TPSA) is 34.2 Å². The monoisotopic (exact) mass is 310 g/mol. The summed E-state index contributed by atoms with van der Waals surface area (Å²) in [6.45, 7) is 9.96. The van der Waals surface area contributed by atoms with Crippen LogP contribution in [0.15, 0.2) is 5.38 Å². The Hall–Kier alpha value is -0.450. The number of aromatic nitrogens is 1. The van der Waals surface area contributed by atoms with Crippen LogP contribution in [0.3, 0.4) is 0 Å². The summed E-state index contributed by atoms with van der Waals surface area (Å²) < 4.78 is 5.66. The SMILES string of the molecule is CCCNC1(c2nc(C(C)(C)C)cs2)CCCC(OC)C1. The average Bonchev–Trinajstić information content (AvgIpc) is 2.96. The van der Waals surface area contributed by atoms with Gasteiger partial charge in [-0.3, -0.25) is 0 Å². The van der Waals surface area contributed by atoms with Gasteiger partial charge in [-0.1, -0.05) is 27.7 Å². The molecule has 1 heterocycles. The fourth-order valence-electron chi connectivity index (χ4n) is 3.06. The molecule has 21 heavy (non-hydrogen) atoms. The molecule has 4 heteroatoms. The van der Waals surface area contributed by atoms with Gasteiger partial charge in [0.2, 0.25) is 0 Å². The molecule has 0 spiro atoms. The lowest BCUT2D eigenvalue weighted by atomic mass is 9.80. The van der Waals surface area contributed by atoms with Crippen molar-refractivity contribution in [2.24, 2.45) is 0 Å². The molecule has 0 radical (unpaired) electrons. The highest BCUT2D eigenvalue weighted by Crippen LogP contribution is 2.40. The predicted molar refractivity (Wildman–Crippen MR) is 90.1 cm³/mol. The third kappa shape index (κ3) is 3.85. The maximum absolute atomic E-state index is 5.66. The second-order valence-corrected chi connectivity index (χ2v) is 8.11. The lowest BCUT2D eigenvalue weighted by Crippen LogP contribution is -2.48. The molecule has 0 saturated heterocycles. The van der Waals surface area contributed by atoms with E-state index in [1.165, 1.54) is 30.0 Å². The van der Waals surface area contributed by atoms with E-state index in [2.05, 4.69) is 38.4 Å². The number of ether oxygens (including phenoxy) is 1. The Kier molecular flexibility index (Phi) is 5.44. The van der Waals surface area contributed by atoms with Crippen molar-refractivity contribution in [3.63, 3.8) is 0 Å². The highest BCUT2D eigenvalue weighted by Gasteiger charge is 2.40. The first kappa shape index (κ1) is 16.9. The molecule has 2 rings (SSSR count). The molecule has 1 N–H and O–H groups in total. The Morgan fingerprint density at radius 1 is 1.48 bits per heavy atom. The zero-order valence-electron chi connectivity index (χ0n) is 14.2. The van der Waals surface area contributed by atoms with Crippen LogP contribution in [0.1, 0.15) is 70.5 Å². The molecule has 1 saturated carbocycles. The Labute approximate surface area is 133 Å². The minimum absolute atomic E-state index is 0.0170. The molecule has 3 nitrogen and oxygen atoms in total. The van der Waals surface area contributed by atoms with E-state index in [1.807, 2.05) is 18.4 Å². The van der Waals surface area contributed by atoms with Crippen LogP contribution in [0.4, 0.5) is 0 Å². The number of methoxy groups -OCH3 is 1. The molecular formula is C17H30N2OS. The maximum Gasteiger partial charge on any atom is 0.113 e. The van der Waals surface area contributed by atoms with E-state index in [9.17, 15) is 0 Å². The van der Waals surface area contributed by atoms with Gasteiger partial charge in [0.15, 0.2) is 0 Å². The standard InChI is InChI=1S/C17H30N2OS/c1-6-10-18-17(9-7-8-13(11-17)20-5)15-19-14(12-21-15)16(2,3)4/h12-13,18H,6-11H2,1-5H3. The second kappa shape index (κ2) is 6.76. The van der Waals surface area contributed by atoms with Crippen molar-refractivity contribution >= 4 is 11.3 Å². The maximum atomic E-state index is 5.66. The Morgan fingerprint density at radius 3 is 2.81 bits per heavy atom. The summed E-state index contributed by atoms with van der Waals surface area (Å²) in [6, 6.07) is 0. The molecule has 0 amide bonds. The zero-order valence-corrected chi connectivity index (χ0v) is 15.0. The van der Waals surface area contributed by atoms with Gasteiger partial charge >= 0.3 is 0 Å². The normalized spacial score (nSPS) is 27.0. The summed E-state index contributed by atoms with van der Waals surface area (Å²) in [5.41, 5.74) is 1.35. The van der Waals surface area contributed by atoms with Crippen LogP contribution < -0.4 is 5.32 Å². The molecule has 2 unspecified atom stereocenters. The molecule has 1 aliphatic rings. The number of nitrogens with zero attached hydrogens (tertiary/aromatic N) is 1. The van der Waals surface area contributed by atoms with Crippen LogP contribution in [0, 0.1) is 0 Å². The highest BCUT2D eigenvalue weighted by atomic mass is 32.1.